The number of nitrogens with one attached hydrogen (secondary N) is 1. The molecule has 160 valence electrons. The molecule has 1 atom stereocenters. The quantitative estimate of drug-likeness (QED) is 0.496. The van der Waals surface area contributed by atoms with Gasteiger partial charge in [0.1, 0.15) is 0 Å². The van der Waals surface area contributed by atoms with E-state index in [1.54, 1.807) is 0 Å². The third kappa shape index (κ3) is 2.56. The number of nitrogens with zero attached hydrogens (tertiary/aromatic N) is 2. The molecule has 1 aromatic carbocycles. The minimum absolute atomic E-state index is 0.327. The third-order valence-corrected chi connectivity index (χ3v) is 7.02. The molecule has 4 aromatic rings. The van der Waals surface area contributed by atoms with Gasteiger partial charge < -0.3 is 14.7 Å². The van der Waals surface area contributed by atoms with Crippen LogP contribution in [0.1, 0.15) is 28.8 Å². The molecule has 2 amide bonds. The Balaban J connectivity index is 1.71. The highest BCUT2D eigenvalue weighted by molar-refractivity contribution is 6.50. The molecular weight excluding hydrogens is 400 g/mol. The van der Waals surface area contributed by atoms with Crippen LogP contribution in [0.5, 0.6) is 0 Å². The Morgan fingerprint density at radius 3 is 2.62 bits per heavy atom. The van der Waals surface area contributed by atoms with Crippen molar-refractivity contribution in [1.82, 2.24) is 14.3 Å². The number of hydrogen-bond donors (Lipinski definition) is 2. The molecule has 1 aliphatic carbocycles. The molecule has 3 aromatic heterocycles. The van der Waals surface area contributed by atoms with Gasteiger partial charge in [0.05, 0.1) is 16.7 Å². The highest BCUT2D eigenvalue weighted by Gasteiger charge is 2.38. The molecule has 0 saturated heterocycles. The van der Waals surface area contributed by atoms with Gasteiger partial charge in [0, 0.05) is 47.2 Å². The van der Waals surface area contributed by atoms with Crippen LogP contribution < -0.4 is 11.1 Å². The molecule has 0 spiro atoms. The maximum absolute atomic E-state index is 13.3. The van der Waals surface area contributed by atoms with Crippen molar-refractivity contribution in [3.05, 3.63) is 77.2 Å². The molecular formula is C26H24N4O2. The van der Waals surface area contributed by atoms with E-state index in [-0.39, 0.29) is 11.8 Å². The van der Waals surface area contributed by atoms with Crippen molar-refractivity contribution in [3.8, 4) is 0 Å². The normalized spacial score (nSPS) is 18.6. The van der Waals surface area contributed by atoms with Gasteiger partial charge in [0.15, 0.2) is 0 Å². The summed E-state index contributed by atoms with van der Waals surface area (Å²) in [5, 5.41) is 3.54. The fourth-order valence-corrected chi connectivity index (χ4v) is 5.52. The Kier molecular flexibility index (Phi) is 4.13. The van der Waals surface area contributed by atoms with E-state index in [2.05, 4.69) is 9.72 Å². The minimum atomic E-state index is -0.337. The number of para-hydroxylation sites is 1. The predicted octanol–water partition coefficient (Wildman–Crippen LogP) is 3.06. The zero-order valence-corrected chi connectivity index (χ0v) is 17.9. The van der Waals surface area contributed by atoms with Crippen LogP contribution in [-0.2, 0) is 29.5 Å². The SMILES string of the molecule is Cn1cc(C2=C(c3c4c(n5ccccc35)CC[C@H](CN)C4)C(=O)NC2=O)c2ccccc21. The van der Waals surface area contributed by atoms with Crippen molar-refractivity contribution in [2.75, 3.05) is 6.54 Å². The van der Waals surface area contributed by atoms with Gasteiger partial charge in [0.25, 0.3) is 11.8 Å². The third-order valence-electron chi connectivity index (χ3n) is 7.02. The first-order chi connectivity index (χ1) is 15.6. The summed E-state index contributed by atoms with van der Waals surface area (Å²) in [6, 6.07) is 14.0. The largest absolute Gasteiger partial charge is 0.350 e. The van der Waals surface area contributed by atoms with E-state index in [4.69, 9.17) is 5.73 Å². The average molecular weight is 425 g/mol. The van der Waals surface area contributed by atoms with Crippen LogP contribution in [0.2, 0.25) is 0 Å². The average Bonchev–Trinajstić information content (AvgIpc) is 3.41. The molecule has 0 unspecified atom stereocenters. The fourth-order valence-electron chi connectivity index (χ4n) is 5.52. The van der Waals surface area contributed by atoms with Gasteiger partial charge in [-0.3, -0.25) is 14.9 Å². The second kappa shape index (κ2) is 6.93. The molecule has 1 aliphatic heterocycles. The van der Waals surface area contributed by atoms with Gasteiger partial charge in [-0.2, -0.15) is 0 Å². The van der Waals surface area contributed by atoms with Gasteiger partial charge in [-0.15, -0.1) is 0 Å². The molecule has 4 heterocycles. The van der Waals surface area contributed by atoms with Gasteiger partial charge in [-0.1, -0.05) is 24.3 Å². The number of amides is 2. The Bertz CT molecular complexity index is 1470. The number of fused-ring (bicyclic) bond motifs is 4. The molecule has 0 fully saturated rings. The zero-order valence-electron chi connectivity index (χ0n) is 17.9. The summed E-state index contributed by atoms with van der Waals surface area (Å²) in [5.74, 6) is -0.288. The standard InChI is InChI=1S/C26H24N4O2/c1-29-14-18(16-6-2-3-7-19(16)29)23-24(26(32)28-25(23)31)22-17-12-15(13-27)9-10-20(17)30-11-5-4-8-21(22)30/h2-8,11,14-15H,9-10,12-13,27H2,1H3,(H,28,31,32)/t15-/m0/s1. The van der Waals surface area contributed by atoms with Gasteiger partial charge in [-0.05, 0) is 55.5 Å². The molecule has 2 aliphatic rings. The molecule has 0 saturated carbocycles. The number of aromatic nitrogens is 2. The van der Waals surface area contributed by atoms with E-state index < -0.39 is 0 Å². The first-order valence-electron chi connectivity index (χ1n) is 11.0. The van der Waals surface area contributed by atoms with Crippen molar-refractivity contribution in [1.29, 1.82) is 0 Å². The second-order valence-corrected chi connectivity index (χ2v) is 8.80. The number of carbonyl (C=O) groups is 2. The topological polar surface area (TPSA) is 81.5 Å². The smallest absolute Gasteiger partial charge is 0.259 e. The molecule has 0 radical (unpaired) electrons. The van der Waals surface area contributed by atoms with Crippen LogP contribution in [0.4, 0.5) is 0 Å². The van der Waals surface area contributed by atoms with Crippen molar-refractivity contribution in [3.63, 3.8) is 0 Å². The van der Waals surface area contributed by atoms with Gasteiger partial charge in [0.2, 0.25) is 0 Å². The minimum Gasteiger partial charge on any atom is -0.350 e. The Labute approximate surface area is 185 Å². The summed E-state index contributed by atoms with van der Waals surface area (Å²) < 4.78 is 4.18. The number of carbonyl (C=O) groups excluding carboxylic acids is 2. The highest BCUT2D eigenvalue weighted by atomic mass is 16.2. The van der Waals surface area contributed by atoms with E-state index in [0.29, 0.717) is 23.6 Å². The Morgan fingerprint density at radius 1 is 1.03 bits per heavy atom. The molecule has 6 heteroatoms. The number of benzene rings is 1. The molecule has 0 bridgehead atoms. The highest BCUT2D eigenvalue weighted by Crippen LogP contribution is 2.42. The van der Waals surface area contributed by atoms with Crippen molar-refractivity contribution in [2.45, 2.75) is 19.3 Å². The summed E-state index contributed by atoms with van der Waals surface area (Å²) in [7, 11) is 1.96. The van der Waals surface area contributed by atoms with Crippen molar-refractivity contribution < 1.29 is 9.59 Å². The number of imide groups is 1. The van der Waals surface area contributed by atoms with Crippen LogP contribution in [0.25, 0.3) is 27.6 Å². The number of aryl methyl sites for hydroxylation is 2. The van der Waals surface area contributed by atoms with Crippen LogP contribution in [-0.4, -0.2) is 27.3 Å². The lowest BCUT2D eigenvalue weighted by atomic mass is 9.83. The van der Waals surface area contributed by atoms with E-state index in [1.165, 1.54) is 5.69 Å². The second-order valence-electron chi connectivity index (χ2n) is 8.80. The number of nitrogens with two attached hydrogens (primary N) is 1. The van der Waals surface area contributed by atoms with Crippen molar-refractivity contribution >= 4 is 39.4 Å². The van der Waals surface area contributed by atoms with E-state index in [1.807, 2.05) is 66.5 Å². The first-order valence-corrected chi connectivity index (χ1v) is 11.0. The maximum Gasteiger partial charge on any atom is 0.259 e. The van der Waals surface area contributed by atoms with Crippen LogP contribution >= 0.6 is 0 Å². The van der Waals surface area contributed by atoms with Crippen LogP contribution in [0.3, 0.4) is 0 Å². The summed E-state index contributed by atoms with van der Waals surface area (Å²) in [4.78, 5) is 26.4. The Morgan fingerprint density at radius 2 is 1.78 bits per heavy atom. The summed E-state index contributed by atoms with van der Waals surface area (Å²) in [6.07, 6.45) is 6.76. The lowest BCUT2D eigenvalue weighted by molar-refractivity contribution is -0.122. The lowest BCUT2D eigenvalue weighted by Crippen LogP contribution is -2.24. The Hall–Kier alpha value is -3.64. The lowest BCUT2D eigenvalue weighted by Gasteiger charge is -2.22. The molecule has 6 nitrogen and oxygen atoms in total. The summed E-state index contributed by atoms with van der Waals surface area (Å²) >= 11 is 0. The maximum atomic E-state index is 13.3. The number of rotatable bonds is 3. The molecule has 6 rings (SSSR count). The van der Waals surface area contributed by atoms with E-state index in [0.717, 1.165) is 52.4 Å². The zero-order chi connectivity index (χ0) is 22.0. The fraction of sp³-hybridized carbons (Fsp3) is 0.231. The molecule has 32 heavy (non-hydrogen) atoms. The van der Waals surface area contributed by atoms with Crippen molar-refractivity contribution in [2.24, 2.45) is 18.7 Å². The van der Waals surface area contributed by atoms with Gasteiger partial charge in [-0.25, -0.2) is 0 Å². The first kappa shape index (κ1) is 19.1. The van der Waals surface area contributed by atoms with Crippen LogP contribution in [0, 0.1) is 5.92 Å². The van der Waals surface area contributed by atoms with E-state index in [9.17, 15) is 9.59 Å². The monoisotopic (exact) mass is 424 g/mol. The van der Waals surface area contributed by atoms with E-state index >= 15 is 0 Å². The molecule has 3 N–H and O–H groups in total. The number of pyridine rings is 1. The summed E-state index contributed by atoms with van der Waals surface area (Å²) in [6.45, 7) is 0.616. The predicted molar refractivity (Wildman–Crippen MR) is 125 cm³/mol. The summed E-state index contributed by atoms with van der Waals surface area (Å²) in [5.41, 5.74) is 13.0. The number of hydrogen-bond acceptors (Lipinski definition) is 3. The van der Waals surface area contributed by atoms with Gasteiger partial charge >= 0.3 is 0 Å². The van der Waals surface area contributed by atoms with Crippen LogP contribution in [0.15, 0.2) is 54.9 Å².